The minimum atomic E-state index is -5.04. The summed E-state index contributed by atoms with van der Waals surface area (Å²) in [6, 6.07) is 4.46. The SMILES string of the molecule is NC(=O)c1cncc(N2CCC(c3ccc(F)cc3)C(NC(=O)C(F)(F)F)C2)n1. The molecule has 2 heterocycles. The summed E-state index contributed by atoms with van der Waals surface area (Å²) >= 11 is 0. The zero-order valence-electron chi connectivity index (χ0n) is 15.0. The first-order chi connectivity index (χ1) is 13.6. The molecule has 11 heteroatoms. The van der Waals surface area contributed by atoms with Crippen molar-refractivity contribution < 1.29 is 27.2 Å². The van der Waals surface area contributed by atoms with Crippen LogP contribution in [0.1, 0.15) is 28.4 Å². The van der Waals surface area contributed by atoms with E-state index in [0.29, 0.717) is 18.5 Å². The number of piperidine rings is 1. The third kappa shape index (κ3) is 4.79. The first-order valence-electron chi connectivity index (χ1n) is 8.65. The van der Waals surface area contributed by atoms with Crippen molar-refractivity contribution >= 4 is 17.6 Å². The summed E-state index contributed by atoms with van der Waals surface area (Å²) in [6.07, 6.45) is -2.15. The fourth-order valence-corrected chi connectivity index (χ4v) is 3.29. The number of halogens is 4. The highest BCUT2D eigenvalue weighted by Gasteiger charge is 2.42. The Balaban J connectivity index is 1.87. The highest BCUT2D eigenvalue weighted by Crippen LogP contribution is 2.31. The minimum absolute atomic E-state index is 0.0131. The van der Waals surface area contributed by atoms with Gasteiger partial charge in [-0.3, -0.25) is 14.6 Å². The van der Waals surface area contributed by atoms with E-state index in [4.69, 9.17) is 5.73 Å². The summed E-state index contributed by atoms with van der Waals surface area (Å²) < 4.78 is 51.6. The summed E-state index contributed by atoms with van der Waals surface area (Å²) in [6.45, 7) is 0.359. The zero-order chi connectivity index (χ0) is 21.2. The first-order valence-corrected chi connectivity index (χ1v) is 8.65. The van der Waals surface area contributed by atoms with Crippen molar-refractivity contribution in [3.8, 4) is 0 Å². The molecule has 2 amide bonds. The molecule has 1 aromatic heterocycles. The Morgan fingerprint density at radius 3 is 2.48 bits per heavy atom. The molecule has 29 heavy (non-hydrogen) atoms. The van der Waals surface area contributed by atoms with Crippen LogP contribution in [0, 0.1) is 5.82 Å². The van der Waals surface area contributed by atoms with Crippen LogP contribution < -0.4 is 16.0 Å². The maximum Gasteiger partial charge on any atom is 0.471 e. The smallest absolute Gasteiger partial charge is 0.364 e. The van der Waals surface area contributed by atoms with Crippen LogP contribution in [0.4, 0.5) is 23.4 Å². The maximum absolute atomic E-state index is 13.2. The number of alkyl halides is 3. The van der Waals surface area contributed by atoms with Gasteiger partial charge in [0.25, 0.3) is 5.91 Å². The fraction of sp³-hybridized carbons (Fsp3) is 0.333. The number of amides is 2. The van der Waals surface area contributed by atoms with Gasteiger partial charge in [0, 0.05) is 19.0 Å². The summed E-state index contributed by atoms with van der Waals surface area (Å²) in [5.41, 5.74) is 5.71. The van der Waals surface area contributed by atoms with Gasteiger partial charge in [-0.1, -0.05) is 12.1 Å². The molecule has 1 aliphatic heterocycles. The molecular formula is C18H17F4N5O2. The fourth-order valence-electron chi connectivity index (χ4n) is 3.29. The van der Waals surface area contributed by atoms with Crippen LogP contribution in [0.3, 0.4) is 0 Å². The lowest BCUT2D eigenvalue weighted by Crippen LogP contribution is -2.54. The van der Waals surface area contributed by atoms with Crippen molar-refractivity contribution in [2.45, 2.75) is 24.6 Å². The molecule has 3 rings (SSSR count). The van der Waals surface area contributed by atoms with Gasteiger partial charge in [0.2, 0.25) is 0 Å². The molecule has 154 valence electrons. The third-order valence-electron chi connectivity index (χ3n) is 4.68. The van der Waals surface area contributed by atoms with Gasteiger partial charge in [-0.25, -0.2) is 9.37 Å². The average Bonchev–Trinajstić information content (AvgIpc) is 2.68. The van der Waals surface area contributed by atoms with Crippen LogP contribution in [0.15, 0.2) is 36.7 Å². The largest absolute Gasteiger partial charge is 0.471 e. The summed E-state index contributed by atoms with van der Waals surface area (Å²) in [5, 5.41) is 2.02. The summed E-state index contributed by atoms with van der Waals surface area (Å²) in [4.78, 5) is 32.4. The van der Waals surface area contributed by atoms with Crippen LogP contribution in [0.2, 0.25) is 0 Å². The number of anilines is 1. The van der Waals surface area contributed by atoms with Gasteiger partial charge in [0.15, 0.2) is 0 Å². The van der Waals surface area contributed by atoms with Gasteiger partial charge >= 0.3 is 12.1 Å². The van der Waals surface area contributed by atoms with Crippen molar-refractivity contribution in [3.63, 3.8) is 0 Å². The molecule has 2 aromatic rings. The quantitative estimate of drug-likeness (QED) is 0.747. The molecule has 0 spiro atoms. The number of rotatable bonds is 4. The van der Waals surface area contributed by atoms with Crippen molar-refractivity contribution in [1.82, 2.24) is 15.3 Å². The van der Waals surface area contributed by atoms with Gasteiger partial charge in [-0.05, 0) is 24.1 Å². The number of carbonyl (C=O) groups is 2. The van der Waals surface area contributed by atoms with E-state index in [2.05, 4.69) is 9.97 Å². The number of hydrogen-bond acceptors (Lipinski definition) is 5. The Morgan fingerprint density at radius 1 is 1.17 bits per heavy atom. The number of nitrogens with two attached hydrogens (primary N) is 1. The molecular weight excluding hydrogens is 394 g/mol. The summed E-state index contributed by atoms with van der Waals surface area (Å²) in [7, 11) is 0. The van der Waals surface area contributed by atoms with E-state index in [0.717, 1.165) is 0 Å². The second-order valence-electron chi connectivity index (χ2n) is 6.60. The van der Waals surface area contributed by atoms with Crippen molar-refractivity contribution in [2.75, 3.05) is 18.0 Å². The van der Waals surface area contributed by atoms with Crippen molar-refractivity contribution in [2.24, 2.45) is 5.73 Å². The summed E-state index contributed by atoms with van der Waals surface area (Å²) in [5.74, 6) is -3.54. The second-order valence-corrected chi connectivity index (χ2v) is 6.60. The minimum Gasteiger partial charge on any atom is -0.364 e. The maximum atomic E-state index is 13.2. The van der Waals surface area contributed by atoms with Gasteiger partial charge in [0.05, 0.1) is 18.4 Å². The number of hydrogen-bond donors (Lipinski definition) is 2. The Morgan fingerprint density at radius 2 is 1.86 bits per heavy atom. The van der Waals surface area contributed by atoms with E-state index in [1.807, 2.05) is 5.32 Å². The molecule has 1 aliphatic rings. The van der Waals surface area contributed by atoms with E-state index < -0.39 is 35.8 Å². The normalized spacial score (nSPS) is 19.7. The second kappa shape index (κ2) is 8.02. The molecule has 2 unspecified atom stereocenters. The van der Waals surface area contributed by atoms with Gasteiger partial charge < -0.3 is 16.0 Å². The Bertz CT molecular complexity index is 904. The van der Waals surface area contributed by atoms with E-state index in [1.165, 1.54) is 36.7 Å². The van der Waals surface area contributed by atoms with E-state index in [1.54, 1.807) is 4.90 Å². The zero-order valence-corrected chi connectivity index (χ0v) is 15.0. The highest BCUT2D eigenvalue weighted by atomic mass is 19.4. The lowest BCUT2D eigenvalue weighted by atomic mass is 9.85. The van der Waals surface area contributed by atoms with E-state index in [-0.39, 0.29) is 18.1 Å². The molecule has 3 N–H and O–H groups in total. The molecule has 7 nitrogen and oxygen atoms in total. The van der Waals surface area contributed by atoms with Gasteiger partial charge in [0.1, 0.15) is 17.3 Å². The van der Waals surface area contributed by atoms with Crippen LogP contribution in [-0.2, 0) is 4.79 Å². The number of carbonyl (C=O) groups excluding carboxylic acids is 2. The van der Waals surface area contributed by atoms with Crippen LogP contribution in [0.5, 0.6) is 0 Å². The van der Waals surface area contributed by atoms with Gasteiger partial charge in [-0.2, -0.15) is 13.2 Å². The number of nitrogens with zero attached hydrogens (tertiary/aromatic N) is 3. The number of nitrogens with one attached hydrogen (secondary N) is 1. The number of benzene rings is 1. The average molecular weight is 411 g/mol. The number of aromatic nitrogens is 2. The monoisotopic (exact) mass is 411 g/mol. The standard InChI is InChI=1S/C18H17F4N5O2/c19-11-3-1-10(2-4-11)12-5-6-27(9-14(12)26-17(29)18(20,21)22)15-8-24-7-13(25-15)16(23)28/h1-4,7-8,12,14H,5-6,9H2,(H2,23,28)(H,26,29). The van der Waals surface area contributed by atoms with Crippen molar-refractivity contribution in [1.29, 1.82) is 0 Å². The topological polar surface area (TPSA) is 101 Å². The molecule has 0 radical (unpaired) electrons. The van der Waals surface area contributed by atoms with E-state index in [9.17, 15) is 27.2 Å². The molecule has 1 fully saturated rings. The molecule has 0 saturated carbocycles. The van der Waals surface area contributed by atoms with Gasteiger partial charge in [-0.15, -0.1) is 0 Å². The predicted molar refractivity (Wildman–Crippen MR) is 94.5 cm³/mol. The van der Waals surface area contributed by atoms with Crippen LogP contribution in [-0.4, -0.2) is 47.1 Å². The predicted octanol–water partition coefficient (Wildman–Crippen LogP) is 1.76. The molecule has 1 aromatic carbocycles. The number of primary amides is 1. The Kier molecular flexibility index (Phi) is 5.66. The lowest BCUT2D eigenvalue weighted by molar-refractivity contribution is -0.174. The van der Waals surface area contributed by atoms with Crippen LogP contribution >= 0.6 is 0 Å². The third-order valence-corrected chi connectivity index (χ3v) is 4.68. The van der Waals surface area contributed by atoms with Crippen molar-refractivity contribution in [3.05, 3.63) is 53.7 Å². The van der Waals surface area contributed by atoms with E-state index >= 15 is 0 Å². The lowest BCUT2D eigenvalue weighted by Gasteiger charge is -2.39. The molecule has 0 aliphatic carbocycles. The Hall–Kier alpha value is -3.24. The van der Waals surface area contributed by atoms with Crippen LogP contribution in [0.25, 0.3) is 0 Å². The first kappa shape index (κ1) is 20.5. The highest BCUT2D eigenvalue weighted by molar-refractivity contribution is 5.90. The molecule has 2 atom stereocenters. The Labute approximate surface area is 162 Å². The molecule has 1 saturated heterocycles. The molecule has 0 bridgehead atoms.